The summed E-state index contributed by atoms with van der Waals surface area (Å²) in [6.45, 7) is 12.9. The summed E-state index contributed by atoms with van der Waals surface area (Å²) in [6.07, 6.45) is 0.749. The Labute approximate surface area is 99.2 Å². The fourth-order valence-corrected chi connectivity index (χ4v) is 2.42. The summed E-state index contributed by atoms with van der Waals surface area (Å²) in [5, 5.41) is 3.08. The number of rotatable bonds is 4. The second-order valence-electron chi connectivity index (χ2n) is 6.62. The van der Waals surface area contributed by atoms with Crippen molar-refractivity contribution in [1.82, 2.24) is 5.32 Å². The highest BCUT2D eigenvalue weighted by Gasteiger charge is 2.65. The second kappa shape index (κ2) is 4.02. The summed E-state index contributed by atoms with van der Waals surface area (Å²) < 4.78 is 0. The van der Waals surface area contributed by atoms with Gasteiger partial charge in [-0.25, -0.2) is 0 Å². The van der Waals surface area contributed by atoms with Gasteiger partial charge in [0.15, 0.2) is 0 Å². The molecule has 3 nitrogen and oxygen atoms in total. The van der Waals surface area contributed by atoms with Crippen LogP contribution in [0.2, 0.25) is 0 Å². The van der Waals surface area contributed by atoms with Crippen molar-refractivity contribution in [3.05, 3.63) is 0 Å². The molecule has 1 amide bonds. The molecule has 1 aliphatic carbocycles. The van der Waals surface area contributed by atoms with Crippen LogP contribution in [0.3, 0.4) is 0 Å². The molecule has 1 saturated carbocycles. The van der Waals surface area contributed by atoms with Gasteiger partial charge >= 0.3 is 0 Å². The van der Waals surface area contributed by atoms with Crippen LogP contribution in [0.15, 0.2) is 0 Å². The van der Waals surface area contributed by atoms with Crippen LogP contribution in [-0.2, 0) is 4.79 Å². The Bertz CT molecular complexity index is 268. The number of hydrogen-bond acceptors (Lipinski definition) is 2. The van der Waals surface area contributed by atoms with Crippen LogP contribution in [0.25, 0.3) is 0 Å². The average molecular weight is 226 g/mol. The molecule has 0 radical (unpaired) electrons. The van der Waals surface area contributed by atoms with Crippen molar-refractivity contribution in [3.63, 3.8) is 0 Å². The standard InChI is InChI=1S/C13H26N2O/c1-8(2)7-9(14)10(16)15-11-12(3,4)13(11,5)6/h8-9,11H,7,14H2,1-6H3,(H,15,16)/t9-/m0/s1. The Kier molecular flexibility index (Phi) is 3.39. The summed E-state index contributed by atoms with van der Waals surface area (Å²) >= 11 is 0. The topological polar surface area (TPSA) is 55.1 Å². The van der Waals surface area contributed by atoms with Gasteiger partial charge in [-0.3, -0.25) is 4.79 Å². The Morgan fingerprint density at radius 3 is 2.00 bits per heavy atom. The van der Waals surface area contributed by atoms with Crippen molar-refractivity contribution in [2.24, 2.45) is 22.5 Å². The third kappa shape index (κ3) is 2.24. The minimum absolute atomic E-state index is 0.00245. The van der Waals surface area contributed by atoms with Gasteiger partial charge in [-0.15, -0.1) is 0 Å². The fourth-order valence-electron chi connectivity index (χ4n) is 2.42. The maximum atomic E-state index is 11.9. The first-order chi connectivity index (χ1) is 7.10. The third-order valence-electron chi connectivity index (χ3n) is 4.37. The van der Waals surface area contributed by atoms with E-state index in [0.29, 0.717) is 5.92 Å². The van der Waals surface area contributed by atoms with Crippen molar-refractivity contribution in [2.45, 2.75) is 60.0 Å². The maximum absolute atomic E-state index is 11.9. The number of nitrogens with one attached hydrogen (secondary N) is 1. The van der Waals surface area contributed by atoms with Gasteiger partial charge in [0.1, 0.15) is 0 Å². The Morgan fingerprint density at radius 2 is 1.69 bits per heavy atom. The summed E-state index contributed by atoms with van der Waals surface area (Å²) in [4.78, 5) is 11.9. The van der Waals surface area contributed by atoms with Crippen LogP contribution < -0.4 is 11.1 Å². The van der Waals surface area contributed by atoms with Crippen molar-refractivity contribution in [3.8, 4) is 0 Å². The van der Waals surface area contributed by atoms with Gasteiger partial charge in [-0.05, 0) is 23.2 Å². The molecule has 0 unspecified atom stereocenters. The zero-order chi connectivity index (χ0) is 12.7. The van der Waals surface area contributed by atoms with Gasteiger partial charge in [0, 0.05) is 6.04 Å². The highest BCUT2D eigenvalue weighted by Crippen LogP contribution is 2.62. The highest BCUT2D eigenvalue weighted by molar-refractivity contribution is 5.82. The molecule has 0 aromatic carbocycles. The maximum Gasteiger partial charge on any atom is 0.237 e. The molecular weight excluding hydrogens is 200 g/mol. The van der Waals surface area contributed by atoms with Crippen LogP contribution >= 0.6 is 0 Å². The molecule has 1 atom stereocenters. The molecule has 0 spiro atoms. The zero-order valence-corrected chi connectivity index (χ0v) is 11.4. The molecular formula is C13H26N2O. The molecule has 0 heterocycles. The molecule has 0 saturated heterocycles. The average Bonchev–Trinajstić information content (AvgIpc) is 2.46. The van der Waals surface area contributed by atoms with Gasteiger partial charge in [-0.1, -0.05) is 41.5 Å². The van der Waals surface area contributed by atoms with Crippen molar-refractivity contribution >= 4 is 5.91 Å². The van der Waals surface area contributed by atoms with Crippen molar-refractivity contribution < 1.29 is 4.79 Å². The van der Waals surface area contributed by atoms with E-state index in [-0.39, 0.29) is 28.8 Å². The lowest BCUT2D eigenvalue weighted by Crippen LogP contribution is -2.43. The van der Waals surface area contributed by atoms with E-state index in [1.807, 2.05) is 0 Å². The van der Waals surface area contributed by atoms with Gasteiger partial charge in [0.05, 0.1) is 6.04 Å². The van der Waals surface area contributed by atoms with Crippen molar-refractivity contribution in [2.75, 3.05) is 0 Å². The van der Waals surface area contributed by atoms with Crippen LogP contribution in [0.1, 0.15) is 48.0 Å². The van der Waals surface area contributed by atoms with E-state index in [1.54, 1.807) is 0 Å². The van der Waals surface area contributed by atoms with E-state index in [2.05, 4.69) is 46.9 Å². The lowest BCUT2D eigenvalue weighted by molar-refractivity contribution is -0.123. The number of carbonyl (C=O) groups is 1. The van der Waals surface area contributed by atoms with Crippen LogP contribution in [0.5, 0.6) is 0 Å². The molecule has 16 heavy (non-hydrogen) atoms. The van der Waals surface area contributed by atoms with Gasteiger partial charge in [0.2, 0.25) is 5.91 Å². The molecule has 0 bridgehead atoms. The Morgan fingerprint density at radius 1 is 1.25 bits per heavy atom. The van der Waals surface area contributed by atoms with Gasteiger partial charge in [0.25, 0.3) is 0 Å². The minimum Gasteiger partial charge on any atom is -0.351 e. The molecule has 1 aliphatic rings. The zero-order valence-electron chi connectivity index (χ0n) is 11.4. The van der Waals surface area contributed by atoms with Crippen LogP contribution in [-0.4, -0.2) is 18.0 Å². The SMILES string of the molecule is CC(C)C[C@H](N)C(=O)NC1C(C)(C)C1(C)C. The van der Waals surface area contributed by atoms with E-state index in [1.165, 1.54) is 0 Å². The first-order valence-electron chi connectivity index (χ1n) is 6.16. The van der Waals surface area contributed by atoms with Gasteiger partial charge < -0.3 is 11.1 Å². The summed E-state index contributed by atoms with van der Waals surface area (Å²) in [7, 11) is 0. The fraction of sp³-hybridized carbons (Fsp3) is 0.923. The first kappa shape index (κ1) is 13.5. The van der Waals surface area contributed by atoms with E-state index in [4.69, 9.17) is 5.73 Å². The Balaban J connectivity index is 2.49. The number of hydrogen-bond donors (Lipinski definition) is 2. The van der Waals surface area contributed by atoms with Crippen LogP contribution in [0, 0.1) is 16.7 Å². The van der Waals surface area contributed by atoms with E-state index in [9.17, 15) is 4.79 Å². The number of amides is 1. The smallest absolute Gasteiger partial charge is 0.237 e. The largest absolute Gasteiger partial charge is 0.351 e. The predicted octanol–water partition coefficient (Wildman–Crippen LogP) is 1.91. The van der Waals surface area contributed by atoms with Crippen LogP contribution in [0.4, 0.5) is 0 Å². The van der Waals surface area contributed by atoms with E-state index >= 15 is 0 Å². The second-order valence-corrected chi connectivity index (χ2v) is 6.62. The summed E-state index contributed by atoms with van der Waals surface area (Å²) in [5.74, 6) is 0.457. The van der Waals surface area contributed by atoms with Gasteiger partial charge in [-0.2, -0.15) is 0 Å². The lowest BCUT2D eigenvalue weighted by Gasteiger charge is -2.15. The molecule has 1 fully saturated rings. The van der Waals surface area contributed by atoms with E-state index < -0.39 is 0 Å². The summed E-state index contributed by atoms with van der Waals surface area (Å²) in [5.41, 5.74) is 6.22. The highest BCUT2D eigenvalue weighted by atomic mass is 16.2. The Hall–Kier alpha value is -0.570. The normalized spacial score (nSPS) is 24.2. The summed E-state index contributed by atoms with van der Waals surface area (Å²) in [6, 6.07) is -0.113. The lowest BCUT2D eigenvalue weighted by atomic mass is 10.0. The molecule has 1 rings (SSSR count). The monoisotopic (exact) mass is 226 g/mol. The third-order valence-corrected chi connectivity index (χ3v) is 4.37. The quantitative estimate of drug-likeness (QED) is 0.769. The number of nitrogens with two attached hydrogens (primary N) is 1. The number of carbonyl (C=O) groups excluding carboxylic acids is 1. The van der Waals surface area contributed by atoms with E-state index in [0.717, 1.165) is 6.42 Å². The predicted molar refractivity (Wildman–Crippen MR) is 66.9 cm³/mol. The molecule has 0 aromatic rings. The van der Waals surface area contributed by atoms with Crippen molar-refractivity contribution in [1.29, 1.82) is 0 Å². The molecule has 3 N–H and O–H groups in total. The molecule has 3 heteroatoms. The molecule has 0 aromatic heterocycles. The molecule has 0 aliphatic heterocycles. The minimum atomic E-state index is -0.368. The molecule has 94 valence electrons. The first-order valence-corrected chi connectivity index (χ1v) is 6.16.